The minimum atomic E-state index is -0.552. The average Bonchev–Trinajstić information content (AvgIpc) is 2.42. The van der Waals surface area contributed by atoms with Gasteiger partial charge in [-0.05, 0) is 24.7 Å². The van der Waals surface area contributed by atoms with Crippen LogP contribution in [0.25, 0.3) is 0 Å². The fourth-order valence-corrected chi connectivity index (χ4v) is 2.34. The lowest BCUT2D eigenvalue weighted by Gasteiger charge is -2.18. The van der Waals surface area contributed by atoms with Gasteiger partial charge in [0.1, 0.15) is 0 Å². The summed E-state index contributed by atoms with van der Waals surface area (Å²) in [6.45, 7) is 12.6. The van der Waals surface area contributed by atoms with E-state index in [0.717, 1.165) is 22.0 Å². The van der Waals surface area contributed by atoms with Crippen LogP contribution in [0.3, 0.4) is 0 Å². The third kappa shape index (κ3) is 4.32. The van der Waals surface area contributed by atoms with Crippen molar-refractivity contribution in [3.05, 3.63) is 44.1 Å². The van der Waals surface area contributed by atoms with E-state index in [0.29, 0.717) is 19.5 Å². The number of rotatable bonds is 7. The Morgan fingerprint density at radius 1 is 0.955 bits per heavy atom. The molecule has 0 aromatic carbocycles. The molecular formula is C16H27N3O3. The first kappa shape index (κ1) is 18.2. The van der Waals surface area contributed by atoms with Crippen molar-refractivity contribution in [3.8, 4) is 0 Å². The third-order valence-corrected chi connectivity index (χ3v) is 3.45. The smallest absolute Gasteiger partial charge is 0.247 e. The minimum Gasteiger partial charge on any atom is -0.247 e. The van der Waals surface area contributed by atoms with Gasteiger partial charge in [-0.15, -0.1) is 6.58 Å². The quantitative estimate of drug-likeness (QED) is 0.718. The van der Waals surface area contributed by atoms with Crippen LogP contribution in [0.1, 0.15) is 47.0 Å². The second kappa shape index (κ2) is 7.42. The van der Waals surface area contributed by atoms with E-state index in [4.69, 9.17) is 0 Å². The maximum absolute atomic E-state index is 12.4. The fraction of sp³-hybridized carbons (Fsp3) is 0.688. The highest BCUT2D eigenvalue weighted by Gasteiger charge is 2.15. The summed E-state index contributed by atoms with van der Waals surface area (Å²) >= 11 is 0. The van der Waals surface area contributed by atoms with Crippen molar-refractivity contribution in [2.75, 3.05) is 0 Å². The lowest BCUT2D eigenvalue weighted by atomic mass is 9.91. The number of hydrogen-bond donors (Lipinski definition) is 0. The highest BCUT2D eigenvalue weighted by Crippen LogP contribution is 2.20. The second-order valence-corrected chi connectivity index (χ2v) is 6.71. The van der Waals surface area contributed by atoms with Gasteiger partial charge in [0, 0.05) is 13.1 Å². The Bertz CT molecular complexity index is 687. The molecule has 1 rings (SSSR count). The maximum Gasteiger partial charge on any atom is 0.336 e. The molecule has 0 saturated carbocycles. The van der Waals surface area contributed by atoms with Gasteiger partial charge in [0.2, 0.25) is 0 Å². The lowest BCUT2D eigenvalue weighted by Crippen LogP contribution is -2.54. The minimum absolute atomic E-state index is 0.112. The largest absolute Gasteiger partial charge is 0.336 e. The van der Waals surface area contributed by atoms with Gasteiger partial charge < -0.3 is 0 Å². The van der Waals surface area contributed by atoms with Gasteiger partial charge in [0.15, 0.2) is 0 Å². The van der Waals surface area contributed by atoms with Gasteiger partial charge in [-0.1, -0.05) is 33.8 Å². The van der Waals surface area contributed by atoms with E-state index in [-0.39, 0.29) is 12.0 Å². The Kier molecular flexibility index (Phi) is 6.14. The summed E-state index contributed by atoms with van der Waals surface area (Å²) < 4.78 is 3.38. The van der Waals surface area contributed by atoms with Crippen molar-refractivity contribution >= 4 is 0 Å². The zero-order valence-electron chi connectivity index (χ0n) is 14.1. The van der Waals surface area contributed by atoms with Crippen LogP contribution in [-0.2, 0) is 19.6 Å². The van der Waals surface area contributed by atoms with Gasteiger partial charge >= 0.3 is 17.1 Å². The molecule has 0 bridgehead atoms. The van der Waals surface area contributed by atoms with E-state index in [1.165, 1.54) is 10.6 Å². The molecule has 0 aliphatic heterocycles. The van der Waals surface area contributed by atoms with Crippen molar-refractivity contribution in [1.29, 1.82) is 0 Å². The number of hydrogen-bond acceptors (Lipinski definition) is 3. The monoisotopic (exact) mass is 309 g/mol. The molecule has 0 amide bonds. The average molecular weight is 309 g/mol. The Hall–Kier alpha value is -1.85. The van der Waals surface area contributed by atoms with E-state index in [1.54, 1.807) is 0 Å². The molecule has 0 aliphatic carbocycles. The molecule has 0 fully saturated rings. The Morgan fingerprint density at radius 3 is 1.91 bits per heavy atom. The molecule has 0 saturated heterocycles. The van der Waals surface area contributed by atoms with Gasteiger partial charge in [-0.2, -0.15) is 0 Å². The number of aromatic nitrogens is 3. The molecule has 0 aliphatic rings. The molecule has 6 nitrogen and oxygen atoms in total. The van der Waals surface area contributed by atoms with Gasteiger partial charge in [-0.3, -0.25) is 0 Å². The summed E-state index contributed by atoms with van der Waals surface area (Å²) in [7, 11) is 0. The molecule has 6 heteroatoms. The first-order valence-electron chi connectivity index (χ1n) is 7.78. The second-order valence-electron chi connectivity index (χ2n) is 6.71. The summed E-state index contributed by atoms with van der Waals surface area (Å²) in [6.07, 6.45) is 3.76. The summed E-state index contributed by atoms with van der Waals surface area (Å²) in [4.78, 5) is 37.0. The molecule has 0 N–H and O–H groups in total. The molecule has 0 radical (unpaired) electrons. The zero-order chi connectivity index (χ0) is 16.9. The SMILES string of the molecule is C=CCn1c(=O)n(CCC)c(=O)n(CCCC(C)(C)C)c1=O. The highest BCUT2D eigenvalue weighted by atomic mass is 16.2. The van der Waals surface area contributed by atoms with Crippen LogP contribution >= 0.6 is 0 Å². The normalized spacial score (nSPS) is 11.6. The van der Waals surface area contributed by atoms with Crippen molar-refractivity contribution in [3.63, 3.8) is 0 Å². The summed E-state index contributed by atoms with van der Waals surface area (Å²) in [6, 6.07) is 0. The number of nitrogens with zero attached hydrogens (tertiary/aromatic N) is 3. The van der Waals surface area contributed by atoms with E-state index < -0.39 is 17.1 Å². The van der Waals surface area contributed by atoms with E-state index in [1.807, 2.05) is 6.92 Å². The lowest BCUT2D eigenvalue weighted by molar-refractivity contribution is 0.343. The predicted molar refractivity (Wildman–Crippen MR) is 88.4 cm³/mol. The number of allylic oxidation sites excluding steroid dienone is 1. The predicted octanol–water partition coefficient (Wildman–Crippen LogP) is 1.59. The van der Waals surface area contributed by atoms with Crippen molar-refractivity contribution < 1.29 is 0 Å². The van der Waals surface area contributed by atoms with E-state index in [2.05, 4.69) is 27.4 Å². The Balaban J connectivity index is 3.31. The van der Waals surface area contributed by atoms with E-state index >= 15 is 0 Å². The summed E-state index contributed by atoms with van der Waals surface area (Å²) in [5, 5.41) is 0. The van der Waals surface area contributed by atoms with Gasteiger partial charge in [-0.25, -0.2) is 28.1 Å². The molecule has 1 aromatic rings. The first-order valence-corrected chi connectivity index (χ1v) is 7.78. The Labute approximate surface area is 130 Å². The molecule has 0 unspecified atom stereocenters. The van der Waals surface area contributed by atoms with Crippen molar-refractivity contribution in [2.24, 2.45) is 5.41 Å². The van der Waals surface area contributed by atoms with Gasteiger partial charge in [0.25, 0.3) is 0 Å². The molecule has 22 heavy (non-hydrogen) atoms. The Morgan fingerprint density at radius 2 is 1.45 bits per heavy atom. The van der Waals surface area contributed by atoms with E-state index in [9.17, 15) is 14.4 Å². The van der Waals surface area contributed by atoms with Crippen LogP contribution < -0.4 is 17.1 Å². The third-order valence-electron chi connectivity index (χ3n) is 3.45. The van der Waals surface area contributed by atoms with Crippen LogP contribution in [0.2, 0.25) is 0 Å². The topological polar surface area (TPSA) is 66.0 Å². The van der Waals surface area contributed by atoms with Crippen LogP contribution in [0.5, 0.6) is 0 Å². The maximum atomic E-state index is 12.4. The van der Waals surface area contributed by atoms with Crippen LogP contribution in [0.15, 0.2) is 27.0 Å². The van der Waals surface area contributed by atoms with Crippen LogP contribution in [0.4, 0.5) is 0 Å². The molecule has 124 valence electrons. The summed E-state index contributed by atoms with van der Waals surface area (Å²) in [5.74, 6) is 0. The molecular weight excluding hydrogens is 282 g/mol. The molecule has 1 heterocycles. The summed E-state index contributed by atoms with van der Waals surface area (Å²) in [5.41, 5.74) is -1.47. The molecule has 0 spiro atoms. The zero-order valence-corrected chi connectivity index (χ0v) is 14.1. The highest BCUT2D eigenvalue weighted by molar-refractivity contribution is 4.82. The first-order chi connectivity index (χ1) is 10.2. The standard InChI is InChI=1S/C16H27N3O3/c1-6-10-17-13(20)18(11-7-2)15(22)19(14(17)21)12-8-9-16(3,4)5/h6H,1,7-12H2,2-5H3. The van der Waals surface area contributed by atoms with Crippen molar-refractivity contribution in [1.82, 2.24) is 13.7 Å². The van der Waals surface area contributed by atoms with Crippen LogP contribution in [-0.4, -0.2) is 13.7 Å². The van der Waals surface area contributed by atoms with Crippen molar-refractivity contribution in [2.45, 2.75) is 66.6 Å². The molecule has 0 atom stereocenters. The molecule has 1 aromatic heterocycles. The van der Waals surface area contributed by atoms with Gasteiger partial charge in [0.05, 0.1) is 6.54 Å². The fourth-order valence-electron chi connectivity index (χ4n) is 2.34. The van der Waals surface area contributed by atoms with Crippen LogP contribution in [0, 0.1) is 5.41 Å².